The van der Waals surface area contributed by atoms with Crippen molar-refractivity contribution in [1.29, 1.82) is 0 Å². The summed E-state index contributed by atoms with van der Waals surface area (Å²) in [6, 6.07) is 14.8. The largest absolute Gasteiger partial charge is 0.337 e. The third-order valence-corrected chi connectivity index (χ3v) is 4.58. The van der Waals surface area contributed by atoms with Gasteiger partial charge in [-0.3, -0.25) is 9.97 Å². The summed E-state index contributed by atoms with van der Waals surface area (Å²) < 4.78 is 29.1. The second kappa shape index (κ2) is 6.87. The highest BCUT2D eigenvalue weighted by atomic mass is 19.1. The number of hydrogen-bond acceptors (Lipinski definition) is 4. The van der Waals surface area contributed by atoms with Crippen LogP contribution in [0.5, 0.6) is 0 Å². The van der Waals surface area contributed by atoms with Crippen LogP contribution in [0.25, 0.3) is 44.9 Å². The molecule has 0 spiro atoms. The van der Waals surface area contributed by atoms with Gasteiger partial charge in [-0.05, 0) is 18.2 Å². The topological polar surface area (TPSA) is 67.3 Å². The van der Waals surface area contributed by atoms with Gasteiger partial charge < -0.3 is 4.98 Å². The number of aromatic nitrogens is 5. The van der Waals surface area contributed by atoms with Crippen LogP contribution in [0.1, 0.15) is 0 Å². The van der Waals surface area contributed by atoms with Crippen LogP contribution in [0.15, 0.2) is 73.3 Å². The van der Waals surface area contributed by atoms with Crippen LogP contribution in [-0.2, 0) is 0 Å². The summed E-state index contributed by atoms with van der Waals surface area (Å²) in [4.78, 5) is 20.0. The van der Waals surface area contributed by atoms with Gasteiger partial charge in [-0.2, -0.15) is 0 Å². The molecule has 29 heavy (non-hydrogen) atoms. The molecule has 0 aliphatic carbocycles. The van der Waals surface area contributed by atoms with Gasteiger partial charge >= 0.3 is 0 Å². The Balaban J connectivity index is 1.80. The molecule has 140 valence electrons. The normalized spacial score (nSPS) is 11.1. The minimum Gasteiger partial charge on any atom is -0.337 e. The van der Waals surface area contributed by atoms with Crippen LogP contribution in [-0.4, -0.2) is 24.9 Å². The monoisotopic (exact) mass is 385 g/mol. The Hall–Kier alpha value is -4.00. The fourth-order valence-electron chi connectivity index (χ4n) is 3.26. The molecule has 0 aliphatic heterocycles. The average molecular weight is 385 g/mol. The average Bonchev–Trinajstić information content (AvgIpc) is 3.17. The first-order valence-corrected chi connectivity index (χ1v) is 8.86. The zero-order chi connectivity index (χ0) is 19.8. The lowest BCUT2D eigenvalue weighted by atomic mass is 10.00. The first kappa shape index (κ1) is 17.1. The highest BCUT2D eigenvalue weighted by molar-refractivity contribution is 5.90. The molecule has 0 bridgehead atoms. The summed E-state index contributed by atoms with van der Waals surface area (Å²) in [5.41, 5.74) is 3.03. The molecule has 1 aromatic carbocycles. The minimum atomic E-state index is -0.765. The Bertz CT molecular complexity index is 1300. The number of nitrogens with zero attached hydrogens (tertiary/aromatic N) is 4. The van der Waals surface area contributed by atoms with E-state index in [2.05, 4.69) is 24.9 Å². The molecule has 0 fully saturated rings. The molecule has 0 saturated heterocycles. The van der Waals surface area contributed by atoms with Crippen molar-refractivity contribution in [2.24, 2.45) is 0 Å². The van der Waals surface area contributed by atoms with Gasteiger partial charge in [0.25, 0.3) is 0 Å². The van der Waals surface area contributed by atoms with E-state index in [1.54, 1.807) is 30.6 Å². The quantitative estimate of drug-likeness (QED) is 0.473. The van der Waals surface area contributed by atoms with E-state index in [1.165, 1.54) is 0 Å². The Morgan fingerprint density at radius 2 is 1.52 bits per heavy atom. The van der Waals surface area contributed by atoms with Crippen molar-refractivity contribution >= 4 is 11.2 Å². The molecule has 0 radical (unpaired) electrons. The minimum absolute atomic E-state index is 0.191. The number of fused-ring (bicyclic) bond motifs is 1. The molecule has 5 nitrogen and oxygen atoms in total. The van der Waals surface area contributed by atoms with Crippen LogP contribution in [0, 0.1) is 11.6 Å². The predicted octanol–water partition coefficient (Wildman–Crippen LogP) is 5.03. The number of benzene rings is 1. The lowest BCUT2D eigenvalue weighted by Gasteiger charge is -2.10. The summed E-state index contributed by atoms with van der Waals surface area (Å²) in [7, 11) is 0. The molecular weight excluding hydrogens is 372 g/mol. The van der Waals surface area contributed by atoms with Crippen molar-refractivity contribution in [3.8, 4) is 33.8 Å². The molecule has 0 unspecified atom stereocenters. The van der Waals surface area contributed by atoms with Crippen LogP contribution in [0.2, 0.25) is 0 Å². The number of rotatable bonds is 3. The molecular formula is C22H13F2N5. The van der Waals surface area contributed by atoms with E-state index in [-0.39, 0.29) is 5.56 Å². The summed E-state index contributed by atoms with van der Waals surface area (Å²) in [5.74, 6) is -0.906. The summed E-state index contributed by atoms with van der Waals surface area (Å²) in [6.07, 6.45) is 5.19. The van der Waals surface area contributed by atoms with Gasteiger partial charge in [-0.15, -0.1) is 0 Å². The molecule has 5 aromatic rings. The molecule has 0 aliphatic rings. The first-order valence-electron chi connectivity index (χ1n) is 8.86. The second-order valence-electron chi connectivity index (χ2n) is 6.43. The molecule has 0 atom stereocenters. The van der Waals surface area contributed by atoms with E-state index in [0.29, 0.717) is 33.8 Å². The molecule has 7 heteroatoms. The van der Waals surface area contributed by atoms with Gasteiger partial charge in [0.05, 0.1) is 29.2 Å². The molecule has 1 N–H and O–H groups in total. The van der Waals surface area contributed by atoms with Gasteiger partial charge in [-0.1, -0.05) is 30.3 Å². The number of nitrogens with one attached hydrogen (secondary N) is 1. The third-order valence-electron chi connectivity index (χ3n) is 4.58. The van der Waals surface area contributed by atoms with Gasteiger partial charge in [0.1, 0.15) is 5.82 Å². The zero-order valence-electron chi connectivity index (χ0n) is 15.0. The van der Waals surface area contributed by atoms with Crippen molar-refractivity contribution in [3.63, 3.8) is 0 Å². The van der Waals surface area contributed by atoms with Gasteiger partial charge in [0.15, 0.2) is 17.3 Å². The zero-order valence-corrected chi connectivity index (χ0v) is 15.0. The summed E-state index contributed by atoms with van der Waals surface area (Å²) in [5, 5.41) is 0. The number of H-pyrrole nitrogens is 1. The standard InChI is InChI=1S/C22H13F2N5/c23-16-11-26-12-17(24)19(16)15-9-18-22(28-20(15)14-7-4-8-25-10-14)29-21(27-18)13-5-2-1-3-6-13/h1-12H,(H,27,28,29). The van der Waals surface area contributed by atoms with E-state index in [0.717, 1.165) is 18.0 Å². The molecule has 0 saturated carbocycles. The maximum Gasteiger partial charge on any atom is 0.178 e. The van der Waals surface area contributed by atoms with E-state index < -0.39 is 11.6 Å². The van der Waals surface area contributed by atoms with E-state index in [1.807, 2.05) is 30.3 Å². The maximum absolute atomic E-state index is 14.5. The fraction of sp³-hybridized carbons (Fsp3) is 0. The Labute approximate surface area is 164 Å². The SMILES string of the molecule is Fc1cncc(F)c1-c1cc2[nH]c(-c3ccccc3)nc2nc1-c1cccnc1. The van der Waals surface area contributed by atoms with Gasteiger partial charge in [-0.25, -0.2) is 18.7 Å². The Morgan fingerprint density at radius 1 is 0.759 bits per heavy atom. The Kier molecular flexibility index (Phi) is 4.05. The summed E-state index contributed by atoms with van der Waals surface area (Å²) >= 11 is 0. The number of pyridine rings is 3. The number of halogens is 2. The number of aromatic amines is 1. The lowest BCUT2D eigenvalue weighted by molar-refractivity contribution is 0.579. The van der Waals surface area contributed by atoms with E-state index in [9.17, 15) is 8.78 Å². The van der Waals surface area contributed by atoms with Crippen LogP contribution < -0.4 is 0 Å². The van der Waals surface area contributed by atoms with Crippen molar-refractivity contribution in [3.05, 3.63) is 85.0 Å². The van der Waals surface area contributed by atoms with Crippen LogP contribution in [0.3, 0.4) is 0 Å². The first-order chi connectivity index (χ1) is 14.2. The van der Waals surface area contributed by atoms with Crippen molar-refractivity contribution in [2.75, 3.05) is 0 Å². The summed E-state index contributed by atoms with van der Waals surface area (Å²) in [6.45, 7) is 0. The smallest absolute Gasteiger partial charge is 0.178 e. The predicted molar refractivity (Wildman–Crippen MR) is 106 cm³/mol. The fourth-order valence-corrected chi connectivity index (χ4v) is 3.26. The number of imidazole rings is 1. The maximum atomic E-state index is 14.5. The van der Waals surface area contributed by atoms with Crippen LogP contribution in [0.4, 0.5) is 8.78 Å². The van der Waals surface area contributed by atoms with E-state index >= 15 is 0 Å². The van der Waals surface area contributed by atoms with Gasteiger partial charge in [0.2, 0.25) is 0 Å². The van der Waals surface area contributed by atoms with Crippen molar-refractivity contribution in [1.82, 2.24) is 24.9 Å². The highest BCUT2D eigenvalue weighted by Crippen LogP contribution is 2.35. The van der Waals surface area contributed by atoms with Crippen molar-refractivity contribution < 1.29 is 8.78 Å². The van der Waals surface area contributed by atoms with Crippen LogP contribution >= 0.6 is 0 Å². The van der Waals surface area contributed by atoms with Crippen molar-refractivity contribution in [2.45, 2.75) is 0 Å². The molecule has 5 rings (SSSR count). The number of hydrogen-bond donors (Lipinski definition) is 1. The van der Waals surface area contributed by atoms with E-state index in [4.69, 9.17) is 0 Å². The molecule has 4 aromatic heterocycles. The molecule has 0 amide bonds. The Morgan fingerprint density at radius 3 is 2.24 bits per heavy atom. The lowest BCUT2D eigenvalue weighted by Crippen LogP contribution is -1.97. The highest BCUT2D eigenvalue weighted by Gasteiger charge is 2.20. The third kappa shape index (κ3) is 3.02. The second-order valence-corrected chi connectivity index (χ2v) is 6.43. The molecule has 4 heterocycles. The van der Waals surface area contributed by atoms with Gasteiger partial charge in [0, 0.05) is 29.1 Å².